The van der Waals surface area contributed by atoms with E-state index in [4.69, 9.17) is 15.7 Å². The van der Waals surface area contributed by atoms with Gasteiger partial charge in [0, 0.05) is 19.1 Å². The largest absolute Gasteiger partial charge is 0.441 e. The van der Waals surface area contributed by atoms with Crippen LogP contribution in [0.2, 0.25) is 0 Å². The molecule has 0 atom stereocenters. The standard InChI is InChI=1S/C9H10B3N2O/c1-7(15)6-14(11)9-4-2-8(3-5-9)13-12-10/h2-5,13H,6H2,1H3. The number of rotatable bonds is 5. The van der Waals surface area contributed by atoms with Gasteiger partial charge in [0.25, 0.3) is 0 Å². The molecule has 6 heteroatoms. The van der Waals surface area contributed by atoms with E-state index in [9.17, 15) is 4.79 Å². The molecule has 0 heterocycles. The molecule has 5 radical (unpaired) electrons. The zero-order valence-electron chi connectivity index (χ0n) is 8.60. The van der Waals surface area contributed by atoms with E-state index in [2.05, 4.69) is 5.23 Å². The SMILES string of the molecule is [B][B]Nc1ccc(N([B])CC(C)=O)cc1. The van der Waals surface area contributed by atoms with Crippen molar-refractivity contribution in [1.29, 1.82) is 0 Å². The lowest BCUT2D eigenvalue weighted by molar-refractivity contribution is -0.115. The molecule has 1 aromatic carbocycles. The molecule has 0 aromatic heterocycles. The second-order valence-electron chi connectivity index (χ2n) is 3.19. The quantitative estimate of drug-likeness (QED) is 0.684. The zero-order valence-corrected chi connectivity index (χ0v) is 8.60. The molecule has 0 bridgehead atoms. The first-order chi connectivity index (χ1) is 7.13. The van der Waals surface area contributed by atoms with E-state index in [1.54, 1.807) is 0 Å². The number of carbonyl (C=O) groups is 1. The maximum Gasteiger partial charge on any atom is 0.227 e. The lowest BCUT2D eigenvalue weighted by Gasteiger charge is -2.18. The van der Waals surface area contributed by atoms with Crippen molar-refractivity contribution < 1.29 is 4.79 Å². The van der Waals surface area contributed by atoms with Crippen LogP contribution in [0.4, 0.5) is 11.4 Å². The van der Waals surface area contributed by atoms with Crippen molar-refractivity contribution in [3.05, 3.63) is 24.3 Å². The van der Waals surface area contributed by atoms with E-state index < -0.39 is 0 Å². The highest BCUT2D eigenvalue weighted by Gasteiger charge is 2.02. The maximum atomic E-state index is 10.8. The molecule has 0 saturated carbocycles. The highest BCUT2D eigenvalue weighted by atomic mass is 16.1. The summed E-state index contributed by atoms with van der Waals surface area (Å²) in [5.41, 5.74) is 1.66. The number of carbonyl (C=O) groups excluding carboxylic acids is 1. The third kappa shape index (κ3) is 3.74. The van der Waals surface area contributed by atoms with Crippen molar-refractivity contribution in [3.63, 3.8) is 0 Å². The second-order valence-corrected chi connectivity index (χ2v) is 3.19. The van der Waals surface area contributed by atoms with Crippen molar-refractivity contribution in [2.24, 2.45) is 0 Å². The first-order valence-corrected chi connectivity index (χ1v) is 4.55. The van der Waals surface area contributed by atoms with E-state index in [-0.39, 0.29) is 12.3 Å². The normalized spacial score (nSPS) is 9.40. The van der Waals surface area contributed by atoms with Crippen molar-refractivity contribution in [1.82, 2.24) is 0 Å². The average Bonchev–Trinajstić information content (AvgIpc) is 2.18. The first kappa shape index (κ1) is 11.8. The van der Waals surface area contributed by atoms with Crippen LogP contribution in [-0.4, -0.2) is 35.4 Å². The number of benzene rings is 1. The molecule has 1 N–H and O–H groups in total. The van der Waals surface area contributed by atoms with Crippen LogP contribution < -0.4 is 10.0 Å². The number of hydrogen-bond acceptors (Lipinski definition) is 3. The number of ketones is 1. The Morgan fingerprint density at radius 1 is 1.47 bits per heavy atom. The molecule has 0 amide bonds. The van der Waals surface area contributed by atoms with Gasteiger partial charge in [-0.2, -0.15) is 0 Å². The number of Topliss-reactive ketones (excluding diaryl/α,β-unsaturated/α-hetero) is 1. The summed E-state index contributed by atoms with van der Waals surface area (Å²) in [6, 6.07) is 7.29. The summed E-state index contributed by atoms with van der Waals surface area (Å²) >= 11 is 0. The number of nitrogens with zero attached hydrogens (tertiary/aromatic N) is 1. The Labute approximate surface area is 93.3 Å². The smallest absolute Gasteiger partial charge is 0.227 e. The minimum atomic E-state index is 0.0231. The van der Waals surface area contributed by atoms with Gasteiger partial charge in [-0.05, 0) is 31.2 Å². The summed E-state index contributed by atoms with van der Waals surface area (Å²) in [5.74, 6) is 0.0231. The van der Waals surface area contributed by atoms with Crippen molar-refractivity contribution in [2.45, 2.75) is 6.92 Å². The second kappa shape index (κ2) is 5.54. The monoisotopic (exact) mass is 195 g/mol. The average molecular weight is 195 g/mol. The summed E-state index contributed by atoms with van der Waals surface area (Å²) < 4.78 is 0. The molecular weight excluding hydrogens is 185 g/mol. The third-order valence-corrected chi connectivity index (χ3v) is 1.84. The fourth-order valence-electron chi connectivity index (χ4n) is 1.18. The van der Waals surface area contributed by atoms with Crippen LogP contribution in [0.3, 0.4) is 0 Å². The number of nitrogens with one attached hydrogen (secondary N) is 1. The van der Waals surface area contributed by atoms with Crippen LogP contribution in [-0.2, 0) is 4.79 Å². The van der Waals surface area contributed by atoms with Gasteiger partial charge < -0.3 is 10.0 Å². The van der Waals surface area contributed by atoms with Gasteiger partial charge >= 0.3 is 0 Å². The van der Waals surface area contributed by atoms with E-state index in [0.29, 0.717) is 0 Å². The molecule has 71 valence electrons. The van der Waals surface area contributed by atoms with Gasteiger partial charge in [-0.3, -0.25) is 4.79 Å². The lowest BCUT2D eigenvalue weighted by Crippen LogP contribution is -2.25. The Balaban J connectivity index is 2.66. The summed E-state index contributed by atoms with van der Waals surface area (Å²) in [5, 5.41) is 2.84. The Kier molecular flexibility index (Phi) is 4.34. The molecule has 15 heavy (non-hydrogen) atoms. The van der Waals surface area contributed by atoms with Gasteiger partial charge in [-0.15, -0.1) is 0 Å². The molecule has 0 fully saturated rings. The summed E-state index contributed by atoms with van der Waals surface area (Å²) in [7, 11) is 12.2. The van der Waals surface area contributed by atoms with Gasteiger partial charge in [0.1, 0.15) is 5.78 Å². The predicted molar refractivity (Wildman–Crippen MR) is 65.4 cm³/mol. The van der Waals surface area contributed by atoms with Crippen molar-refractivity contribution in [3.8, 4) is 0 Å². The molecule has 1 rings (SSSR count). The highest BCUT2D eigenvalue weighted by molar-refractivity contribution is 6.91. The maximum absolute atomic E-state index is 10.8. The topological polar surface area (TPSA) is 32.3 Å². The van der Waals surface area contributed by atoms with Crippen LogP contribution >= 0.6 is 0 Å². The van der Waals surface area contributed by atoms with Gasteiger partial charge in [0.05, 0.1) is 6.54 Å². The van der Waals surface area contributed by atoms with Crippen LogP contribution in [0, 0.1) is 0 Å². The molecule has 0 spiro atoms. The molecule has 0 saturated heterocycles. The first-order valence-electron chi connectivity index (χ1n) is 4.55. The van der Waals surface area contributed by atoms with Crippen LogP contribution in [0.5, 0.6) is 0 Å². The van der Waals surface area contributed by atoms with E-state index >= 15 is 0 Å². The Bertz CT molecular complexity index is 329. The molecule has 3 nitrogen and oxygen atoms in total. The van der Waals surface area contributed by atoms with Gasteiger partial charge in [0.2, 0.25) is 7.98 Å². The van der Waals surface area contributed by atoms with Gasteiger partial charge in [-0.25, -0.2) is 0 Å². The summed E-state index contributed by atoms with van der Waals surface area (Å²) in [4.78, 5) is 12.2. The van der Waals surface area contributed by atoms with E-state index in [0.717, 1.165) is 11.4 Å². The molecule has 0 aliphatic carbocycles. The molecule has 0 aliphatic heterocycles. The summed E-state index contributed by atoms with van der Waals surface area (Å²) in [6.07, 6.45) is 0. The van der Waals surface area contributed by atoms with Gasteiger partial charge in [-0.1, -0.05) is 0 Å². The van der Waals surface area contributed by atoms with Gasteiger partial charge in [0.15, 0.2) is 7.31 Å². The minimum absolute atomic E-state index is 0.0231. The van der Waals surface area contributed by atoms with Crippen LogP contribution in [0.15, 0.2) is 24.3 Å². The van der Waals surface area contributed by atoms with Crippen molar-refractivity contribution >= 4 is 40.2 Å². The Morgan fingerprint density at radius 2 is 2.07 bits per heavy atom. The predicted octanol–water partition coefficient (Wildman–Crippen LogP) is 0.280. The van der Waals surface area contributed by atoms with E-state index in [1.807, 2.05) is 24.3 Å². The number of anilines is 2. The fraction of sp³-hybridized carbons (Fsp3) is 0.222. The fourth-order valence-corrected chi connectivity index (χ4v) is 1.18. The Hall–Kier alpha value is -1.32. The minimum Gasteiger partial charge on any atom is -0.441 e. The third-order valence-electron chi connectivity index (χ3n) is 1.84. The number of hydrogen-bond donors (Lipinski definition) is 1. The molecule has 0 unspecified atom stereocenters. The highest BCUT2D eigenvalue weighted by Crippen LogP contribution is 2.15. The molecular formula is C9H10B3N2O. The molecule has 0 aliphatic rings. The van der Waals surface area contributed by atoms with E-state index in [1.165, 1.54) is 19.0 Å². The molecule has 1 aromatic rings. The van der Waals surface area contributed by atoms with Crippen LogP contribution in [0.25, 0.3) is 0 Å². The van der Waals surface area contributed by atoms with Crippen molar-refractivity contribution in [2.75, 3.05) is 16.6 Å². The lowest BCUT2D eigenvalue weighted by atomic mass is 9.67. The zero-order chi connectivity index (χ0) is 11.3. The Morgan fingerprint density at radius 3 is 2.53 bits per heavy atom. The van der Waals surface area contributed by atoms with Crippen LogP contribution in [0.1, 0.15) is 6.92 Å². The summed E-state index contributed by atoms with van der Waals surface area (Å²) in [6.45, 7) is 1.70.